The van der Waals surface area contributed by atoms with Gasteiger partial charge in [-0.15, -0.1) is 0 Å². The van der Waals surface area contributed by atoms with Crippen LogP contribution in [0.1, 0.15) is 42.1 Å². The highest BCUT2D eigenvalue weighted by Gasteiger charge is 2.29. The van der Waals surface area contributed by atoms with Gasteiger partial charge in [0, 0.05) is 32.2 Å². The number of piperazine rings is 1. The number of hydrogen-bond acceptors (Lipinski definition) is 5. The van der Waals surface area contributed by atoms with E-state index in [4.69, 9.17) is 9.15 Å². The highest BCUT2D eigenvalue weighted by atomic mass is 19.1. The van der Waals surface area contributed by atoms with E-state index >= 15 is 0 Å². The normalized spacial score (nSPS) is 18.8. The predicted octanol–water partition coefficient (Wildman–Crippen LogP) is 3.09. The smallest absolute Gasteiger partial charge is 0.275 e. The fourth-order valence-corrected chi connectivity index (χ4v) is 3.87. The van der Waals surface area contributed by atoms with Crippen molar-refractivity contribution in [3.63, 3.8) is 0 Å². The summed E-state index contributed by atoms with van der Waals surface area (Å²) < 4.78 is 23.8. The third-order valence-electron chi connectivity index (χ3n) is 5.39. The van der Waals surface area contributed by atoms with Crippen molar-refractivity contribution in [1.82, 2.24) is 14.8 Å². The van der Waals surface area contributed by atoms with Crippen molar-refractivity contribution in [3.8, 4) is 5.75 Å². The van der Waals surface area contributed by atoms with Gasteiger partial charge in [0.1, 0.15) is 17.8 Å². The molecule has 2 aromatic rings. The molecule has 1 aromatic heterocycles. The number of oxazole rings is 1. The van der Waals surface area contributed by atoms with Gasteiger partial charge in [-0.1, -0.05) is 12.8 Å². The molecule has 1 aliphatic heterocycles. The molecular formula is C20H24FN3O3. The van der Waals surface area contributed by atoms with E-state index in [1.807, 2.05) is 4.90 Å². The Labute approximate surface area is 157 Å². The summed E-state index contributed by atoms with van der Waals surface area (Å²) >= 11 is 0. The zero-order valence-electron chi connectivity index (χ0n) is 15.3. The maximum atomic E-state index is 12.9. The van der Waals surface area contributed by atoms with E-state index in [9.17, 15) is 9.18 Å². The molecule has 2 fully saturated rings. The van der Waals surface area contributed by atoms with Gasteiger partial charge >= 0.3 is 0 Å². The molecule has 1 aliphatic carbocycles. The van der Waals surface area contributed by atoms with Crippen molar-refractivity contribution >= 4 is 5.91 Å². The third-order valence-corrected chi connectivity index (χ3v) is 5.39. The van der Waals surface area contributed by atoms with E-state index in [2.05, 4.69) is 9.88 Å². The molecule has 1 saturated heterocycles. The lowest BCUT2D eigenvalue weighted by Crippen LogP contribution is -2.51. The number of hydrogen-bond donors (Lipinski definition) is 0. The lowest BCUT2D eigenvalue weighted by Gasteiger charge is -2.37. The topological polar surface area (TPSA) is 58.8 Å². The largest absolute Gasteiger partial charge is 0.484 e. The molecule has 7 heteroatoms. The number of carbonyl (C=O) groups is 1. The fourth-order valence-electron chi connectivity index (χ4n) is 3.87. The van der Waals surface area contributed by atoms with Gasteiger partial charge in [0.05, 0.1) is 0 Å². The van der Waals surface area contributed by atoms with E-state index < -0.39 is 0 Å². The maximum Gasteiger partial charge on any atom is 0.275 e. The van der Waals surface area contributed by atoms with E-state index in [1.54, 1.807) is 0 Å². The van der Waals surface area contributed by atoms with Gasteiger partial charge in [-0.3, -0.25) is 9.69 Å². The number of rotatable bonds is 5. The Balaban J connectivity index is 1.29. The summed E-state index contributed by atoms with van der Waals surface area (Å²) in [5, 5.41) is 0. The Hall–Kier alpha value is -2.41. The zero-order chi connectivity index (χ0) is 18.6. The molecule has 1 saturated carbocycles. The van der Waals surface area contributed by atoms with Crippen LogP contribution in [0.4, 0.5) is 4.39 Å². The molecule has 0 bridgehead atoms. The number of carbonyl (C=O) groups excluding carboxylic acids is 1. The molecule has 0 atom stereocenters. The number of amides is 1. The summed E-state index contributed by atoms with van der Waals surface area (Å²) in [4.78, 5) is 21.3. The summed E-state index contributed by atoms with van der Waals surface area (Å²) in [7, 11) is 0. The lowest BCUT2D eigenvalue weighted by molar-refractivity contribution is 0.0568. The summed E-state index contributed by atoms with van der Waals surface area (Å²) in [5.74, 6) is 0.426. The zero-order valence-corrected chi connectivity index (χ0v) is 15.3. The van der Waals surface area contributed by atoms with Crippen LogP contribution in [-0.2, 0) is 6.61 Å². The van der Waals surface area contributed by atoms with Crippen LogP contribution in [0, 0.1) is 5.82 Å². The Morgan fingerprint density at radius 2 is 1.85 bits per heavy atom. The summed E-state index contributed by atoms with van der Waals surface area (Å²) in [6.45, 7) is 3.39. The van der Waals surface area contributed by atoms with Crippen molar-refractivity contribution in [2.75, 3.05) is 26.2 Å². The molecule has 2 aliphatic rings. The summed E-state index contributed by atoms with van der Waals surface area (Å²) in [5.41, 5.74) is 0.307. The average Bonchev–Trinajstić information content (AvgIpc) is 3.39. The number of aromatic nitrogens is 1. The van der Waals surface area contributed by atoms with Gasteiger partial charge in [-0.25, -0.2) is 9.37 Å². The van der Waals surface area contributed by atoms with Gasteiger partial charge in [-0.2, -0.15) is 0 Å². The SMILES string of the molecule is O=C(c1coc(COc2ccc(F)cc2)n1)N1CCN(C2CCCC2)CC1. The highest BCUT2D eigenvalue weighted by Crippen LogP contribution is 2.24. The first kappa shape index (κ1) is 18.0. The molecule has 0 unspecified atom stereocenters. The van der Waals surface area contributed by atoms with Crippen molar-refractivity contribution in [1.29, 1.82) is 0 Å². The van der Waals surface area contributed by atoms with E-state index in [1.165, 1.54) is 56.2 Å². The van der Waals surface area contributed by atoms with Gasteiger partial charge in [-0.05, 0) is 37.1 Å². The first-order valence-corrected chi connectivity index (χ1v) is 9.55. The molecule has 27 heavy (non-hydrogen) atoms. The van der Waals surface area contributed by atoms with Crippen LogP contribution >= 0.6 is 0 Å². The summed E-state index contributed by atoms with van der Waals surface area (Å²) in [6.07, 6.45) is 6.61. The second-order valence-corrected chi connectivity index (χ2v) is 7.14. The minimum atomic E-state index is -0.320. The van der Waals surface area contributed by atoms with Crippen LogP contribution in [-0.4, -0.2) is 52.9 Å². The monoisotopic (exact) mass is 373 g/mol. The Morgan fingerprint density at radius 3 is 2.56 bits per heavy atom. The van der Waals surface area contributed by atoms with Crippen LogP contribution in [0.5, 0.6) is 5.75 Å². The number of benzene rings is 1. The molecule has 2 heterocycles. The third kappa shape index (κ3) is 4.30. The number of ether oxygens (including phenoxy) is 1. The summed E-state index contributed by atoms with van der Waals surface area (Å²) in [6, 6.07) is 6.42. The molecule has 144 valence electrons. The van der Waals surface area contributed by atoms with Crippen LogP contribution in [0.15, 0.2) is 34.9 Å². The van der Waals surface area contributed by atoms with Crippen LogP contribution < -0.4 is 4.74 Å². The molecule has 1 amide bonds. The van der Waals surface area contributed by atoms with Crippen molar-refractivity contribution in [3.05, 3.63) is 47.9 Å². The predicted molar refractivity (Wildman–Crippen MR) is 97.0 cm³/mol. The molecule has 0 N–H and O–H groups in total. The average molecular weight is 373 g/mol. The van der Waals surface area contributed by atoms with Crippen LogP contribution in [0.2, 0.25) is 0 Å². The first-order chi connectivity index (χ1) is 13.2. The Morgan fingerprint density at radius 1 is 1.15 bits per heavy atom. The molecule has 4 rings (SSSR count). The molecule has 0 radical (unpaired) electrons. The van der Waals surface area contributed by atoms with Crippen molar-refractivity contribution in [2.45, 2.75) is 38.3 Å². The lowest BCUT2D eigenvalue weighted by atomic mass is 10.2. The van der Waals surface area contributed by atoms with E-state index in [-0.39, 0.29) is 18.3 Å². The van der Waals surface area contributed by atoms with Gasteiger partial charge in [0.25, 0.3) is 5.91 Å². The molecule has 1 aromatic carbocycles. The second-order valence-electron chi connectivity index (χ2n) is 7.14. The van der Waals surface area contributed by atoms with Gasteiger partial charge in [0.2, 0.25) is 5.89 Å². The van der Waals surface area contributed by atoms with Gasteiger partial charge < -0.3 is 14.1 Å². The fraction of sp³-hybridized carbons (Fsp3) is 0.500. The van der Waals surface area contributed by atoms with E-state index in [0.717, 1.165) is 26.2 Å². The first-order valence-electron chi connectivity index (χ1n) is 9.55. The Kier molecular flexibility index (Phi) is 5.38. The molecular weight excluding hydrogens is 349 g/mol. The van der Waals surface area contributed by atoms with Crippen LogP contribution in [0.25, 0.3) is 0 Å². The number of halogens is 1. The molecule has 0 spiro atoms. The molecule has 6 nitrogen and oxygen atoms in total. The minimum Gasteiger partial charge on any atom is -0.484 e. The second kappa shape index (κ2) is 8.08. The van der Waals surface area contributed by atoms with Gasteiger partial charge in [0.15, 0.2) is 12.3 Å². The van der Waals surface area contributed by atoms with Crippen molar-refractivity contribution < 1.29 is 18.3 Å². The quantitative estimate of drug-likeness (QED) is 0.806. The highest BCUT2D eigenvalue weighted by molar-refractivity contribution is 5.92. The van der Waals surface area contributed by atoms with E-state index in [0.29, 0.717) is 23.4 Å². The maximum absolute atomic E-state index is 12.9. The minimum absolute atomic E-state index is 0.0916. The van der Waals surface area contributed by atoms with Crippen molar-refractivity contribution in [2.24, 2.45) is 0 Å². The standard InChI is InChI=1S/C20H24FN3O3/c21-15-5-7-17(8-6-15)26-14-19-22-18(13-27-19)20(25)24-11-9-23(10-12-24)16-3-1-2-4-16/h5-8,13,16H,1-4,9-12,14H2. The Bertz CT molecular complexity index is 763. The number of nitrogens with zero attached hydrogens (tertiary/aromatic N) is 3. The van der Waals surface area contributed by atoms with Crippen LogP contribution in [0.3, 0.4) is 0 Å².